The zero-order valence-electron chi connectivity index (χ0n) is 10.4. The van der Waals surface area contributed by atoms with Crippen LogP contribution in [0.15, 0.2) is 24.3 Å². The van der Waals surface area contributed by atoms with Crippen molar-refractivity contribution in [3.05, 3.63) is 29.8 Å². The van der Waals surface area contributed by atoms with Crippen molar-refractivity contribution in [1.29, 1.82) is 0 Å². The average molecular weight is 251 g/mol. The third-order valence-electron chi connectivity index (χ3n) is 3.13. The molecule has 1 heterocycles. The van der Waals surface area contributed by atoms with Gasteiger partial charge in [-0.25, -0.2) is 0 Å². The van der Waals surface area contributed by atoms with Crippen molar-refractivity contribution in [3.63, 3.8) is 0 Å². The van der Waals surface area contributed by atoms with Crippen LogP contribution in [0.5, 0.6) is 5.75 Å². The molecule has 0 amide bonds. The van der Waals surface area contributed by atoms with Gasteiger partial charge in [-0.1, -0.05) is 18.6 Å². The lowest BCUT2D eigenvalue weighted by Gasteiger charge is -2.22. The maximum absolute atomic E-state index is 5.23. The Balaban J connectivity index is 1.73. The molecule has 0 aliphatic carbocycles. The minimum atomic E-state index is 0.722. The molecule has 1 aromatic rings. The summed E-state index contributed by atoms with van der Waals surface area (Å²) in [6.45, 7) is 1.20. The average Bonchev–Trinajstić information content (AvgIpc) is 2.40. The number of piperidine rings is 1. The summed E-state index contributed by atoms with van der Waals surface area (Å²) in [5.74, 6) is 3.26. The first-order valence-corrected chi connectivity index (χ1v) is 7.48. The van der Waals surface area contributed by atoms with E-state index < -0.39 is 0 Å². The zero-order valence-corrected chi connectivity index (χ0v) is 11.3. The highest BCUT2D eigenvalue weighted by atomic mass is 32.2. The molecule has 0 aromatic heterocycles. The van der Waals surface area contributed by atoms with E-state index in [1.807, 2.05) is 17.8 Å². The molecule has 0 saturated carbocycles. The summed E-state index contributed by atoms with van der Waals surface area (Å²) < 4.78 is 5.23. The monoisotopic (exact) mass is 251 g/mol. The first-order chi connectivity index (χ1) is 8.38. The number of hydrogen-bond acceptors (Lipinski definition) is 3. The molecule has 1 fully saturated rings. The van der Waals surface area contributed by atoms with Gasteiger partial charge in [0.25, 0.3) is 0 Å². The molecule has 1 saturated heterocycles. The molecule has 0 radical (unpaired) electrons. The quantitative estimate of drug-likeness (QED) is 0.869. The van der Waals surface area contributed by atoms with Crippen LogP contribution in [0.2, 0.25) is 0 Å². The Kier molecular flexibility index (Phi) is 5.20. The third kappa shape index (κ3) is 4.25. The number of rotatable bonds is 5. The van der Waals surface area contributed by atoms with E-state index in [-0.39, 0.29) is 0 Å². The first-order valence-electron chi connectivity index (χ1n) is 6.32. The van der Waals surface area contributed by atoms with Gasteiger partial charge in [0.05, 0.1) is 7.11 Å². The molecule has 1 aliphatic rings. The Hall–Kier alpha value is -0.670. The van der Waals surface area contributed by atoms with Crippen molar-refractivity contribution >= 4 is 11.8 Å². The van der Waals surface area contributed by atoms with Crippen LogP contribution in [0.4, 0.5) is 0 Å². The lowest BCUT2D eigenvalue weighted by atomic mass is 10.1. The molecule has 17 heavy (non-hydrogen) atoms. The number of thioether (sulfide) groups is 1. The summed E-state index contributed by atoms with van der Waals surface area (Å²) in [7, 11) is 1.72. The molecule has 1 N–H and O–H groups in total. The lowest BCUT2D eigenvalue weighted by molar-refractivity contribution is 0.414. The number of methoxy groups -OCH3 is 1. The van der Waals surface area contributed by atoms with Crippen molar-refractivity contribution < 1.29 is 4.74 Å². The van der Waals surface area contributed by atoms with Gasteiger partial charge in [-0.15, -0.1) is 0 Å². The normalized spacial score (nSPS) is 20.2. The molecule has 2 rings (SSSR count). The lowest BCUT2D eigenvalue weighted by Crippen LogP contribution is -2.35. The topological polar surface area (TPSA) is 21.3 Å². The van der Waals surface area contributed by atoms with Crippen LogP contribution in [0.1, 0.15) is 24.8 Å². The summed E-state index contributed by atoms with van der Waals surface area (Å²) >= 11 is 2.01. The van der Waals surface area contributed by atoms with Crippen molar-refractivity contribution in [2.24, 2.45) is 0 Å². The summed E-state index contributed by atoms with van der Waals surface area (Å²) in [6.07, 6.45) is 4.07. The molecule has 0 bridgehead atoms. The number of hydrogen-bond donors (Lipinski definition) is 1. The van der Waals surface area contributed by atoms with Crippen molar-refractivity contribution in [3.8, 4) is 5.75 Å². The molecule has 3 heteroatoms. The Bertz CT molecular complexity index is 337. The van der Waals surface area contributed by atoms with Crippen LogP contribution in [-0.2, 0) is 5.75 Å². The fraction of sp³-hybridized carbons (Fsp3) is 0.571. The largest absolute Gasteiger partial charge is 0.497 e. The van der Waals surface area contributed by atoms with Gasteiger partial charge in [0.15, 0.2) is 0 Å². The van der Waals surface area contributed by atoms with E-state index in [9.17, 15) is 0 Å². The number of nitrogens with one attached hydrogen (secondary N) is 1. The van der Waals surface area contributed by atoms with E-state index in [1.54, 1.807) is 7.11 Å². The maximum Gasteiger partial charge on any atom is 0.119 e. The van der Waals surface area contributed by atoms with E-state index in [0.717, 1.165) is 17.5 Å². The summed E-state index contributed by atoms with van der Waals surface area (Å²) in [5, 5.41) is 3.58. The van der Waals surface area contributed by atoms with Crippen LogP contribution >= 0.6 is 11.8 Å². The van der Waals surface area contributed by atoms with E-state index >= 15 is 0 Å². The Morgan fingerprint density at radius 2 is 2.35 bits per heavy atom. The Labute approximate surface area is 108 Å². The second-order valence-electron chi connectivity index (χ2n) is 4.51. The van der Waals surface area contributed by atoms with Crippen molar-refractivity contribution in [1.82, 2.24) is 5.32 Å². The number of ether oxygens (including phenoxy) is 1. The summed E-state index contributed by atoms with van der Waals surface area (Å²) in [5.41, 5.74) is 1.35. The maximum atomic E-state index is 5.23. The second-order valence-corrected chi connectivity index (χ2v) is 5.54. The molecule has 1 atom stereocenters. The van der Waals surface area contributed by atoms with E-state index in [2.05, 4.69) is 23.5 Å². The third-order valence-corrected chi connectivity index (χ3v) is 4.31. The minimum Gasteiger partial charge on any atom is -0.497 e. The van der Waals surface area contributed by atoms with Crippen LogP contribution in [0.25, 0.3) is 0 Å². The highest BCUT2D eigenvalue weighted by molar-refractivity contribution is 7.98. The summed E-state index contributed by atoms with van der Waals surface area (Å²) in [4.78, 5) is 0. The van der Waals surface area contributed by atoms with Gasteiger partial charge in [-0.2, -0.15) is 11.8 Å². The van der Waals surface area contributed by atoms with E-state index in [1.165, 1.54) is 37.1 Å². The molecule has 2 nitrogen and oxygen atoms in total. The predicted molar refractivity (Wildman–Crippen MR) is 74.8 cm³/mol. The molecular weight excluding hydrogens is 230 g/mol. The van der Waals surface area contributed by atoms with Crippen molar-refractivity contribution in [2.45, 2.75) is 31.1 Å². The minimum absolute atomic E-state index is 0.722. The van der Waals surface area contributed by atoms with Gasteiger partial charge < -0.3 is 10.1 Å². The fourth-order valence-electron chi connectivity index (χ4n) is 2.15. The molecule has 1 unspecified atom stereocenters. The molecule has 94 valence electrons. The van der Waals surface area contributed by atoms with Gasteiger partial charge >= 0.3 is 0 Å². The molecule has 1 aliphatic heterocycles. The zero-order chi connectivity index (χ0) is 11.9. The number of benzene rings is 1. The highest BCUT2D eigenvalue weighted by Crippen LogP contribution is 2.20. The Morgan fingerprint density at radius 1 is 1.41 bits per heavy atom. The van der Waals surface area contributed by atoms with Gasteiger partial charge in [0, 0.05) is 17.5 Å². The smallest absolute Gasteiger partial charge is 0.119 e. The first kappa shape index (κ1) is 12.8. The molecule has 0 spiro atoms. The fourth-order valence-corrected chi connectivity index (χ4v) is 3.25. The SMILES string of the molecule is COc1cccc(CSCC2CCCCN2)c1. The van der Waals surface area contributed by atoms with Crippen molar-refractivity contribution in [2.75, 3.05) is 19.4 Å². The predicted octanol–water partition coefficient (Wildman–Crippen LogP) is 3.07. The van der Waals surface area contributed by atoms with Gasteiger partial charge in [-0.3, -0.25) is 0 Å². The van der Waals surface area contributed by atoms with Crippen LogP contribution in [0.3, 0.4) is 0 Å². The van der Waals surface area contributed by atoms with E-state index in [4.69, 9.17) is 4.74 Å². The summed E-state index contributed by atoms with van der Waals surface area (Å²) in [6, 6.07) is 9.08. The van der Waals surface area contributed by atoms with Gasteiger partial charge in [-0.05, 0) is 37.1 Å². The van der Waals surface area contributed by atoms with Gasteiger partial charge in [0.2, 0.25) is 0 Å². The highest BCUT2D eigenvalue weighted by Gasteiger charge is 2.11. The molecule has 1 aromatic carbocycles. The van der Waals surface area contributed by atoms with Crippen LogP contribution in [0, 0.1) is 0 Å². The second kappa shape index (κ2) is 6.92. The van der Waals surface area contributed by atoms with Gasteiger partial charge in [0.1, 0.15) is 5.75 Å². The van der Waals surface area contributed by atoms with Crippen LogP contribution < -0.4 is 10.1 Å². The Morgan fingerprint density at radius 3 is 3.12 bits per heavy atom. The molecular formula is C14H21NOS. The van der Waals surface area contributed by atoms with E-state index in [0.29, 0.717) is 0 Å². The standard InChI is InChI=1S/C14H21NOS/c1-16-14-7-4-5-12(9-14)10-17-11-13-6-2-3-8-15-13/h4-5,7,9,13,15H,2-3,6,8,10-11H2,1H3. The van der Waals surface area contributed by atoms with Crippen LogP contribution in [-0.4, -0.2) is 25.4 Å².